The minimum Gasteiger partial charge on any atom is -0.495 e. The van der Waals surface area contributed by atoms with Crippen LogP contribution in [0.4, 0.5) is 11.5 Å². The Kier molecular flexibility index (Phi) is 10.3. The Bertz CT molecular complexity index is 1210. The molecule has 3 N–H and O–H groups in total. The van der Waals surface area contributed by atoms with Crippen LogP contribution in [0.2, 0.25) is 0 Å². The number of aromatic nitrogens is 1. The molecule has 9 heteroatoms. The van der Waals surface area contributed by atoms with Crippen molar-refractivity contribution in [2.45, 2.75) is 13.3 Å². The van der Waals surface area contributed by atoms with E-state index in [9.17, 15) is 9.59 Å². The molecule has 0 aliphatic carbocycles. The van der Waals surface area contributed by atoms with Crippen molar-refractivity contribution >= 4 is 34.3 Å². The molecule has 196 valence electrons. The lowest BCUT2D eigenvalue weighted by molar-refractivity contribution is -0.134. The van der Waals surface area contributed by atoms with Gasteiger partial charge in [0.2, 0.25) is 0 Å². The number of piperazine rings is 1. The van der Waals surface area contributed by atoms with Gasteiger partial charge >= 0.3 is 11.9 Å². The minimum atomic E-state index is -1.26. The molecule has 0 amide bonds. The molecule has 2 heterocycles. The van der Waals surface area contributed by atoms with E-state index in [-0.39, 0.29) is 0 Å². The number of pyridine rings is 1. The second-order valence-electron chi connectivity index (χ2n) is 8.63. The lowest BCUT2D eigenvalue weighted by Gasteiger charge is -2.36. The van der Waals surface area contributed by atoms with Crippen molar-refractivity contribution in [2.24, 2.45) is 0 Å². The first kappa shape index (κ1) is 27.5. The molecule has 1 aromatic heterocycles. The molecular weight excluding hydrogens is 472 g/mol. The summed E-state index contributed by atoms with van der Waals surface area (Å²) in [4.78, 5) is 28.8. The topological polar surface area (TPSA) is 115 Å². The molecular formula is C28H34N4O5. The molecule has 1 fully saturated rings. The number of nitrogens with one attached hydrogen (secondary N) is 1. The number of anilines is 2. The van der Waals surface area contributed by atoms with Crippen LogP contribution in [0.3, 0.4) is 0 Å². The number of carboxylic acids is 2. The number of benzene rings is 2. The number of ether oxygens (including phenoxy) is 1. The maximum absolute atomic E-state index is 9.55. The largest absolute Gasteiger partial charge is 0.495 e. The summed E-state index contributed by atoms with van der Waals surface area (Å²) < 4.78 is 5.51. The summed E-state index contributed by atoms with van der Waals surface area (Å²) >= 11 is 0. The smallest absolute Gasteiger partial charge is 0.328 e. The molecule has 4 rings (SSSR count). The monoisotopic (exact) mass is 506 g/mol. The van der Waals surface area contributed by atoms with E-state index in [2.05, 4.69) is 58.4 Å². The molecule has 0 saturated carbocycles. The number of aliphatic carboxylic acids is 2. The summed E-state index contributed by atoms with van der Waals surface area (Å²) in [5.41, 5.74) is 3.53. The Morgan fingerprint density at radius 2 is 1.65 bits per heavy atom. The molecule has 0 radical (unpaired) electrons. The van der Waals surface area contributed by atoms with E-state index in [0.717, 1.165) is 62.8 Å². The summed E-state index contributed by atoms with van der Waals surface area (Å²) in [5, 5.41) is 20.4. The third-order valence-corrected chi connectivity index (χ3v) is 6.05. The molecule has 2 aromatic carbocycles. The Morgan fingerprint density at radius 3 is 2.32 bits per heavy atom. The van der Waals surface area contributed by atoms with Gasteiger partial charge in [-0.05, 0) is 49.7 Å². The molecule has 9 nitrogen and oxygen atoms in total. The van der Waals surface area contributed by atoms with Crippen LogP contribution in [0.5, 0.6) is 5.75 Å². The summed E-state index contributed by atoms with van der Waals surface area (Å²) in [6.45, 7) is 8.46. The van der Waals surface area contributed by atoms with Gasteiger partial charge in [0.15, 0.2) is 0 Å². The van der Waals surface area contributed by atoms with E-state index in [0.29, 0.717) is 12.2 Å². The highest BCUT2D eigenvalue weighted by Gasteiger charge is 2.19. The number of nitrogens with zero attached hydrogens (tertiary/aromatic N) is 3. The summed E-state index contributed by atoms with van der Waals surface area (Å²) in [6.07, 6.45) is 2.23. The fourth-order valence-corrected chi connectivity index (χ4v) is 4.21. The highest BCUT2D eigenvalue weighted by Crippen LogP contribution is 2.28. The van der Waals surface area contributed by atoms with Crippen molar-refractivity contribution < 1.29 is 24.5 Å². The zero-order chi connectivity index (χ0) is 26.6. The normalized spacial score (nSPS) is 13.7. The Hall–Kier alpha value is -4.11. The first-order chi connectivity index (χ1) is 17.9. The molecule has 1 saturated heterocycles. The van der Waals surface area contributed by atoms with Crippen LogP contribution in [0.1, 0.15) is 12.0 Å². The molecule has 1 aliphatic rings. The molecule has 37 heavy (non-hydrogen) atoms. The Balaban J connectivity index is 0.000000414. The Labute approximate surface area is 217 Å². The van der Waals surface area contributed by atoms with Gasteiger partial charge in [0.05, 0.1) is 18.3 Å². The van der Waals surface area contributed by atoms with E-state index >= 15 is 0 Å². The number of methoxy groups -OCH3 is 1. The van der Waals surface area contributed by atoms with Crippen molar-refractivity contribution in [3.05, 3.63) is 72.3 Å². The predicted octanol–water partition coefficient (Wildman–Crippen LogP) is 3.89. The molecule has 0 spiro atoms. The van der Waals surface area contributed by atoms with Crippen molar-refractivity contribution in [2.75, 3.05) is 56.6 Å². The fraction of sp³-hybridized carbons (Fsp3) is 0.321. The van der Waals surface area contributed by atoms with Gasteiger partial charge < -0.3 is 25.2 Å². The van der Waals surface area contributed by atoms with E-state index in [1.165, 1.54) is 16.6 Å². The number of hydrogen-bond donors (Lipinski definition) is 3. The zero-order valence-corrected chi connectivity index (χ0v) is 21.3. The maximum atomic E-state index is 9.55. The second kappa shape index (κ2) is 13.8. The first-order valence-corrected chi connectivity index (χ1v) is 12.2. The molecule has 0 unspecified atom stereocenters. The molecule has 3 aromatic rings. The van der Waals surface area contributed by atoms with Crippen LogP contribution in [-0.2, 0) is 9.59 Å². The lowest BCUT2D eigenvalue weighted by atomic mass is 10.1. The van der Waals surface area contributed by atoms with Crippen LogP contribution in [0.15, 0.2) is 66.7 Å². The van der Waals surface area contributed by atoms with E-state index in [1.54, 1.807) is 7.11 Å². The minimum absolute atomic E-state index is 0.558. The van der Waals surface area contributed by atoms with E-state index in [1.807, 2.05) is 18.2 Å². The number of para-hydroxylation sites is 3. The summed E-state index contributed by atoms with van der Waals surface area (Å²) in [7, 11) is 1.74. The molecule has 0 bridgehead atoms. The van der Waals surface area contributed by atoms with Crippen molar-refractivity contribution in [3.8, 4) is 5.75 Å². The average molecular weight is 507 g/mol. The van der Waals surface area contributed by atoms with Crippen molar-refractivity contribution in [1.82, 2.24) is 9.88 Å². The van der Waals surface area contributed by atoms with Gasteiger partial charge in [0.1, 0.15) is 11.6 Å². The van der Waals surface area contributed by atoms with Crippen LogP contribution in [0.25, 0.3) is 10.9 Å². The second-order valence-corrected chi connectivity index (χ2v) is 8.63. The molecule has 0 atom stereocenters. The van der Waals surface area contributed by atoms with E-state index in [4.69, 9.17) is 19.9 Å². The van der Waals surface area contributed by atoms with Gasteiger partial charge in [-0.25, -0.2) is 14.6 Å². The first-order valence-electron chi connectivity index (χ1n) is 12.2. The van der Waals surface area contributed by atoms with Gasteiger partial charge in [0.25, 0.3) is 0 Å². The van der Waals surface area contributed by atoms with Gasteiger partial charge in [-0.2, -0.15) is 0 Å². The van der Waals surface area contributed by atoms with Gasteiger partial charge in [-0.3, -0.25) is 4.90 Å². The third-order valence-electron chi connectivity index (χ3n) is 6.05. The van der Waals surface area contributed by atoms with Crippen molar-refractivity contribution in [3.63, 3.8) is 0 Å². The van der Waals surface area contributed by atoms with Crippen LogP contribution >= 0.6 is 0 Å². The number of rotatable bonds is 9. The fourth-order valence-electron chi connectivity index (χ4n) is 4.21. The quantitative estimate of drug-likeness (QED) is 0.294. The zero-order valence-electron chi connectivity index (χ0n) is 21.3. The number of carboxylic acid groups (broad SMARTS) is 2. The third kappa shape index (κ3) is 8.50. The van der Waals surface area contributed by atoms with Gasteiger partial charge in [-0.15, -0.1) is 0 Å². The SMILES string of the molecule is COc1ccccc1N1CCN(CCCNc2cc(C)c3ccccc3n2)CC1.O=C(O)/C=C/C(=O)O. The highest BCUT2D eigenvalue weighted by atomic mass is 16.5. The average Bonchev–Trinajstić information content (AvgIpc) is 2.91. The number of aryl methyl sites for hydroxylation is 1. The number of fused-ring (bicyclic) bond motifs is 1. The van der Waals surface area contributed by atoms with Crippen LogP contribution in [-0.4, -0.2) is 78.4 Å². The van der Waals surface area contributed by atoms with E-state index < -0.39 is 11.9 Å². The Morgan fingerprint density at radius 1 is 1.00 bits per heavy atom. The summed E-state index contributed by atoms with van der Waals surface area (Å²) in [5.74, 6) is -0.578. The van der Waals surface area contributed by atoms with Gasteiger partial charge in [0, 0.05) is 50.3 Å². The number of carbonyl (C=O) groups is 2. The standard InChI is InChI=1S/C24H30N4O.C4H4O4/c1-19-18-24(26-21-9-4-3-8-20(19)21)25-12-7-13-27-14-16-28(17-15-27)22-10-5-6-11-23(22)29-2;5-3(6)1-2-4(7)8/h3-6,8-11,18H,7,12-17H2,1-2H3,(H,25,26);1-2H,(H,5,6)(H,7,8)/b;2-1+. The van der Waals surface area contributed by atoms with Crippen LogP contribution < -0.4 is 15.0 Å². The predicted molar refractivity (Wildman–Crippen MR) is 146 cm³/mol. The highest BCUT2D eigenvalue weighted by molar-refractivity contribution is 5.89. The lowest BCUT2D eigenvalue weighted by Crippen LogP contribution is -2.46. The number of hydrogen-bond acceptors (Lipinski definition) is 7. The molecule has 1 aliphatic heterocycles. The maximum Gasteiger partial charge on any atom is 0.328 e. The van der Waals surface area contributed by atoms with Gasteiger partial charge in [-0.1, -0.05) is 30.3 Å². The summed E-state index contributed by atoms with van der Waals surface area (Å²) in [6, 6.07) is 18.8. The van der Waals surface area contributed by atoms with Crippen molar-refractivity contribution in [1.29, 1.82) is 0 Å². The van der Waals surface area contributed by atoms with Crippen LogP contribution in [0, 0.1) is 6.92 Å².